The second kappa shape index (κ2) is 8.14. The van der Waals surface area contributed by atoms with Gasteiger partial charge in [0.1, 0.15) is 0 Å². The Morgan fingerprint density at radius 2 is 1.41 bits per heavy atom. The largest absolute Gasteiger partial charge is 0.503 e. The molecule has 1 saturated heterocycles. The molecule has 102 valence electrons. The van der Waals surface area contributed by atoms with Gasteiger partial charge >= 0.3 is 8.80 Å². The van der Waals surface area contributed by atoms with E-state index in [1.54, 1.807) is 0 Å². The molecule has 1 rings (SSSR count). The third-order valence-electron chi connectivity index (χ3n) is 2.49. The number of nitrogens with one attached hydrogen (secondary N) is 3. The minimum atomic E-state index is -2.54. The summed E-state index contributed by atoms with van der Waals surface area (Å²) < 4.78 is 17.4. The molecule has 7 heteroatoms. The van der Waals surface area contributed by atoms with E-state index in [1.807, 2.05) is 20.8 Å². The monoisotopic (exact) mass is 263 g/mol. The molecule has 17 heavy (non-hydrogen) atoms. The lowest BCUT2D eigenvalue weighted by Crippen LogP contribution is -2.60. The fourth-order valence-corrected chi connectivity index (χ4v) is 4.59. The summed E-state index contributed by atoms with van der Waals surface area (Å²) >= 11 is 0. The number of hydrogen-bond donors (Lipinski definition) is 3. The highest BCUT2D eigenvalue weighted by Crippen LogP contribution is 2.17. The van der Waals surface area contributed by atoms with Gasteiger partial charge in [-0.3, -0.25) is 16.0 Å². The second-order valence-electron chi connectivity index (χ2n) is 3.75. The van der Waals surface area contributed by atoms with Crippen LogP contribution in [0.1, 0.15) is 20.8 Å². The van der Waals surface area contributed by atoms with E-state index in [1.165, 1.54) is 0 Å². The van der Waals surface area contributed by atoms with Gasteiger partial charge in [-0.25, -0.2) is 0 Å². The first kappa shape index (κ1) is 15.0. The van der Waals surface area contributed by atoms with Gasteiger partial charge in [0.15, 0.2) is 0 Å². The van der Waals surface area contributed by atoms with Gasteiger partial charge in [0, 0.05) is 39.2 Å². The molecule has 3 N–H and O–H groups in total. The summed E-state index contributed by atoms with van der Waals surface area (Å²) in [5, 5.41) is 9.81. The van der Waals surface area contributed by atoms with Crippen LogP contribution in [0, 0.1) is 0 Å². The molecule has 0 saturated carbocycles. The van der Waals surface area contributed by atoms with Crippen molar-refractivity contribution in [3.8, 4) is 0 Å². The smallest absolute Gasteiger partial charge is 0.374 e. The Morgan fingerprint density at radius 1 is 0.941 bits per heavy atom. The fourth-order valence-electron chi connectivity index (χ4n) is 1.88. The van der Waals surface area contributed by atoms with Crippen LogP contribution in [0.25, 0.3) is 0 Å². The van der Waals surface area contributed by atoms with Crippen molar-refractivity contribution in [1.29, 1.82) is 0 Å². The van der Waals surface area contributed by atoms with Crippen LogP contribution in [0.2, 0.25) is 6.04 Å². The molecule has 0 unspecified atom stereocenters. The van der Waals surface area contributed by atoms with E-state index in [4.69, 9.17) is 13.3 Å². The molecule has 0 radical (unpaired) electrons. The lowest BCUT2D eigenvalue weighted by Gasteiger charge is -2.34. The van der Waals surface area contributed by atoms with Crippen LogP contribution in [0.15, 0.2) is 0 Å². The molecular weight excluding hydrogens is 238 g/mol. The van der Waals surface area contributed by atoms with E-state index in [0.717, 1.165) is 19.4 Å². The minimum Gasteiger partial charge on any atom is -0.374 e. The van der Waals surface area contributed by atoms with E-state index in [0.29, 0.717) is 19.8 Å². The van der Waals surface area contributed by atoms with Crippen LogP contribution < -0.4 is 16.0 Å². The summed E-state index contributed by atoms with van der Waals surface area (Å²) in [4.78, 5) is 0. The van der Waals surface area contributed by atoms with Gasteiger partial charge in [-0.1, -0.05) is 0 Å². The van der Waals surface area contributed by atoms with E-state index in [-0.39, 0.29) is 6.17 Å². The van der Waals surface area contributed by atoms with Crippen molar-refractivity contribution in [2.24, 2.45) is 0 Å². The SMILES string of the molecule is CCO[Si](CC1NCNCN1)(OCC)OCC. The quantitative estimate of drug-likeness (QED) is 0.538. The molecule has 0 aliphatic carbocycles. The van der Waals surface area contributed by atoms with E-state index >= 15 is 0 Å². The third-order valence-corrected chi connectivity index (χ3v) is 5.59. The first-order valence-electron chi connectivity index (χ1n) is 6.35. The first-order valence-corrected chi connectivity index (χ1v) is 8.28. The highest BCUT2D eigenvalue weighted by molar-refractivity contribution is 6.60. The Kier molecular flexibility index (Phi) is 7.20. The van der Waals surface area contributed by atoms with Crippen molar-refractivity contribution in [3.63, 3.8) is 0 Å². The van der Waals surface area contributed by atoms with Gasteiger partial charge in [0.2, 0.25) is 0 Å². The Morgan fingerprint density at radius 3 is 1.82 bits per heavy atom. The molecule has 1 aliphatic heterocycles. The molecule has 0 aromatic carbocycles. The third kappa shape index (κ3) is 5.00. The summed E-state index contributed by atoms with van der Waals surface area (Å²) in [5.41, 5.74) is 0. The molecule has 0 bridgehead atoms. The predicted molar refractivity (Wildman–Crippen MR) is 68.4 cm³/mol. The van der Waals surface area contributed by atoms with Crippen molar-refractivity contribution in [1.82, 2.24) is 16.0 Å². The summed E-state index contributed by atoms with van der Waals surface area (Å²) in [6.07, 6.45) is 0.188. The Hall–Kier alpha value is -0.0231. The van der Waals surface area contributed by atoms with Gasteiger partial charge in [-0.2, -0.15) is 0 Å². The van der Waals surface area contributed by atoms with Gasteiger partial charge in [-0.05, 0) is 20.8 Å². The Balaban J connectivity index is 2.57. The fraction of sp³-hybridized carbons (Fsp3) is 1.00. The summed E-state index contributed by atoms with van der Waals surface area (Å²) in [6, 6.07) is 0.754. The summed E-state index contributed by atoms with van der Waals surface area (Å²) in [6.45, 7) is 9.39. The van der Waals surface area contributed by atoms with Crippen molar-refractivity contribution < 1.29 is 13.3 Å². The zero-order chi connectivity index (χ0) is 12.6. The van der Waals surface area contributed by atoms with Crippen LogP contribution >= 0.6 is 0 Å². The Bertz CT molecular complexity index is 186. The maximum atomic E-state index is 5.81. The van der Waals surface area contributed by atoms with E-state index in [2.05, 4.69) is 16.0 Å². The van der Waals surface area contributed by atoms with Gasteiger partial charge < -0.3 is 13.3 Å². The molecule has 0 aromatic heterocycles. The van der Waals surface area contributed by atoms with Crippen LogP contribution in [0.3, 0.4) is 0 Å². The first-order chi connectivity index (χ1) is 8.26. The zero-order valence-electron chi connectivity index (χ0n) is 11.0. The molecule has 1 heterocycles. The highest BCUT2D eigenvalue weighted by atomic mass is 28.4. The van der Waals surface area contributed by atoms with Crippen LogP contribution in [0.5, 0.6) is 0 Å². The van der Waals surface area contributed by atoms with Crippen molar-refractivity contribution >= 4 is 8.80 Å². The molecule has 0 amide bonds. The minimum absolute atomic E-state index is 0.188. The second-order valence-corrected chi connectivity index (χ2v) is 6.39. The normalized spacial score (nSPS) is 18.5. The molecule has 1 fully saturated rings. The van der Waals surface area contributed by atoms with Crippen LogP contribution in [-0.2, 0) is 13.3 Å². The van der Waals surface area contributed by atoms with Gasteiger partial charge in [0.25, 0.3) is 0 Å². The average Bonchev–Trinajstić information content (AvgIpc) is 2.31. The van der Waals surface area contributed by atoms with E-state index < -0.39 is 8.80 Å². The van der Waals surface area contributed by atoms with Crippen LogP contribution in [-0.4, -0.2) is 48.1 Å². The van der Waals surface area contributed by atoms with Gasteiger partial charge in [-0.15, -0.1) is 0 Å². The molecule has 1 aliphatic rings. The van der Waals surface area contributed by atoms with Crippen molar-refractivity contribution in [2.45, 2.75) is 33.0 Å². The lowest BCUT2D eigenvalue weighted by atomic mass is 10.5. The molecule has 0 spiro atoms. The average molecular weight is 263 g/mol. The number of hydrogen-bond acceptors (Lipinski definition) is 6. The molecular formula is C10H25N3O3Si. The summed E-state index contributed by atoms with van der Waals surface area (Å²) in [5.74, 6) is 0. The van der Waals surface area contributed by atoms with Crippen molar-refractivity contribution in [3.05, 3.63) is 0 Å². The summed E-state index contributed by atoms with van der Waals surface area (Å²) in [7, 11) is -2.54. The zero-order valence-corrected chi connectivity index (χ0v) is 12.0. The lowest BCUT2D eigenvalue weighted by molar-refractivity contribution is 0.0664. The molecule has 0 atom stereocenters. The standard InChI is InChI=1S/C10H25N3O3Si/c1-4-14-17(15-5-2,16-6-3)7-10-12-8-11-9-13-10/h10-13H,4-9H2,1-3H3. The van der Waals surface area contributed by atoms with Crippen LogP contribution in [0.4, 0.5) is 0 Å². The van der Waals surface area contributed by atoms with Crippen molar-refractivity contribution in [2.75, 3.05) is 33.2 Å². The predicted octanol–water partition coefficient (Wildman–Crippen LogP) is 0.0583. The maximum absolute atomic E-state index is 5.81. The van der Waals surface area contributed by atoms with Gasteiger partial charge in [0.05, 0.1) is 6.17 Å². The number of rotatable bonds is 8. The topological polar surface area (TPSA) is 63.8 Å². The molecule has 0 aromatic rings. The van der Waals surface area contributed by atoms with E-state index in [9.17, 15) is 0 Å². The maximum Gasteiger partial charge on any atom is 0.503 e. The molecule has 6 nitrogen and oxygen atoms in total. The highest BCUT2D eigenvalue weighted by Gasteiger charge is 2.43. The Labute approximate surface area is 105 Å².